The van der Waals surface area contributed by atoms with Crippen LogP contribution >= 0.6 is 23.4 Å². The Morgan fingerprint density at radius 1 is 1.07 bits per heavy atom. The lowest BCUT2D eigenvalue weighted by molar-refractivity contribution is -0.130. The van der Waals surface area contributed by atoms with E-state index in [0.29, 0.717) is 27.5 Å². The first-order valence-electron chi connectivity index (χ1n) is 10.2. The fourth-order valence-corrected chi connectivity index (χ4v) is 4.44. The molecule has 3 aromatic rings. The first kappa shape index (κ1) is 22.4. The maximum atomic E-state index is 13.2. The third-order valence-electron chi connectivity index (χ3n) is 4.96. The highest BCUT2D eigenvalue weighted by molar-refractivity contribution is 7.99. The van der Waals surface area contributed by atoms with Crippen molar-refractivity contribution in [3.63, 3.8) is 0 Å². The number of benzene rings is 2. The van der Waals surface area contributed by atoms with E-state index in [4.69, 9.17) is 16.6 Å². The van der Waals surface area contributed by atoms with Gasteiger partial charge in [-0.1, -0.05) is 35.5 Å². The van der Waals surface area contributed by atoms with Gasteiger partial charge in [0.05, 0.1) is 16.6 Å². The highest BCUT2D eigenvalue weighted by Crippen LogP contribution is 2.23. The molecule has 0 bridgehead atoms. The van der Waals surface area contributed by atoms with Crippen molar-refractivity contribution in [3.8, 4) is 5.69 Å². The number of rotatable bonds is 9. The van der Waals surface area contributed by atoms with Crippen LogP contribution in [0.2, 0.25) is 5.02 Å². The molecule has 0 aliphatic heterocycles. The van der Waals surface area contributed by atoms with Gasteiger partial charge in [0, 0.05) is 30.3 Å². The minimum Gasteiger partial charge on any atom is -0.343 e. The molecule has 0 spiro atoms. The number of amides is 1. The van der Waals surface area contributed by atoms with E-state index in [9.17, 15) is 9.59 Å². The van der Waals surface area contributed by atoms with Gasteiger partial charge in [0.1, 0.15) is 0 Å². The summed E-state index contributed by atoms with van der Waals surface area (Å²) in [5, 5.41) is 1.85. The Balaban J connectivity index is 1.77. The molecule has 2 aromatic carbocycles. The monoisotopic (exact) mass is 443 g/mol. The van der Waals surface area contributed by atoms with Crippen LogP contribution in [0.25, 0.3) is 16.6 Å². The number of para-hydroxylation sites is 1. The van der Waals surface area contributed by atoms with Crippen LogP contribution in [0.3, 0.4) is 0 Å². The number of carbonyl (C=O) groups excluding carboxylic acids is 1. The molecule has 5 nitrogen and oxygen atoms in total. The molecule has 0 saturated carbocycles. The molecule has 0 atom stereocenters. The molecule has 158 valence electrons. The van der Waals surface area contributed by atoms with Gasteiger partial charge in [-0.3, -0.25) is 14.2 Å². The van der Waals surface area contributed by atoms with Crippen LogP contribution < -0.4 is 5.56 Å². The lowest BCUT2D eigenvalue weighted by Gasteiger charge is -2.18. The molecule has 0 unspecified atom stereocenters. The van der Waals surface area contributed by atoms with Gasteiger partial charge in [0.25, 0.3) is 5.56 Å². The van der Waals surface area contributed by atoms with Gasteiger partial charge in [0.15, 0.2) is 5.16 Å². The van der Waals surface area contributed by atoms with Crippen molar-refractivity contribution in [1.82, 2.24) is 14.5 Å². The van der Waals surface area contributed by atoms with E-state index in [1.54, 1.807) is 34.5 Å². The average molecular weight is 444 g/mol. The summed E-state index contributed by atoms with van der Waals surface area (Å²) in [7, 11) is 0. The summed E-state index contributed by atoms with van der Waals surface area (Å²) in [6.07, 6.45) is 2.25. The third-order valence-corrected chi connectivity index (χ3v) is 6.24. The number of unbranched alkanes of at least 4 members (excludes halogenated alkanes) is 1. The third kappa shape index (κ3) is 5.24. The van der Waals surface area contributed by atoms with Crippen molar-refractivity contribution >= 4 is 40.2 Å². The van der Waals surface area contributed by atoms with Crippen LogP contribution in [0.4, 0.5) is 0 Å². The average Bonchev–Trinajstić information content (AvgIpc) is 2.75. The number of aromatic nitrogens is 2. The molecule has 0 N–H and O–H groups in total. The Kier molecular flexibility index (Phi) is 7.94. The summed E-state index contributed by atoms with van der Waals surface area (Å²) in [6, 6.07) is 14.6. The molecule has 1 heterocycles. The molecular formula is C23H26ClN3O2S. The minimum absolute atomic E-state index is 0.0952. The molecule has 0 aliphatic carbocycles. The van der Waals surface area contributed by atoms with Gasteiger partial charge in [-0.25, -0.2) is 4.98 Å². The normalized spacial score (nSPS) is 11.0. The Hall–Kier alpha value is -2.31. The zero-order valence-corrected chi connectivity index (χ0v) is 18.9. The number of nitrogens with zero attached hydrogens (tertiary/aromatic N) is 3. The summed E-state index contributed by atoms with van der Waals surface area (Å²) in [4.78, 5) is 31.9. The molecule has 30 heavy (non-hydrogen) atoms. The van der Waals surface area contributed by atoms with Crippen LogP contribution in [0, 0.1) is 0 Å². The van der Waals surface area contributed by atoms with Crippen molar-refractivity contribution in [2.45, 2.75) is 38.3 Å². The summed E-state index contributed by atoms with van der Waals surface area (Å²) in [6.45, 7) is 5.49. The molecule has 0 radical (unpaired) electrons. The summed E-state index contributed by atoms with van der Waals surface area (Å²) in [5.74, 6) is 0.982. The Labute approximate surface area is 186 Å². The number of hydrogen-bond donors (Lipinski definition) is 0. The zero-order valence-electron chi connectivity index (χ0n) is 17.3. The minimum atomic E-state index is -0.0952. The van der Waals surface area contributed by atoms with Crippen molar-refractivity contribution in [2.75, 3.05) is 18.8 Å². The van der Waals surface area contributed by atoms with E-state index in [2.05, 4.69) is 0 Å². The molecule has 1 aromatic heterocycles. The van der Waals surface area contributed by atoms with Gasteiger partial charge < -0.3 is 4.90 Å². The maximum absolute atomic E-state index is 13.2. The van der Waals surface area contributed by atoms with Crippen LogP contribution in [-0.4, -0.2) is 39.2 Å². The van der Waals surface area contributed by atoms with Gasteiger partial charge in [-0.15, -0.1) is 0 Å². The molecule has 7 heteroatoms. The van der Waals surface area contributed by atoms with Crippen molar-refractivity contribution in [3.05, 3.63) is 63.9 Å². The second-order valence-corrected chi connectivity index (χ2v) is 8.40. The Bertz CT molecular complexity index is 1060. The molecule has 0 saturated heterocycles. The lowest BCUT2D eigenvalue weighted by atomic mass is 10.2. The Morgan fingerprint density at radius 3 is 2.47 bits per heavy atom. The molecule has 1 amide bonds. The predicted octanol–water partition coefficient (Wildman–Crippen LogP) is 5.17. The van der Waals surface area contributed by atoms with Gasteiger partial charge >= 0.3 is 0 Å². The summed E-state index contributed by atoms with van der Waals surface area (Å²) < 4.78 is 1.64. The fraction of sp³-hybridized carbons (Fsp3) is 0.348. The SMILES string of the molecule is CCN(CC)C(=O)CCCCSc1nc2ccccc2c(=O)n1-c1ccc(Cl)cc1. The van der Waals surface area contributed by atoms with E-state index in [1.807, 2.05) is 49.1 Å². The smallest absolute Gasteiger partial charge is 0.266 e. The topological polar surface area (TPSA) is 55.2 Å². The first-order chi connectivity index (χ1) is 14.5. The highest BCUT2D eigenvalue weighted by Gasteiger charge is 2.14. The lowest BCUT2D eigenvalue weighted by Crippen LogP contribution is -2.30. The van der Waals surface area contributed by atoms with Crippen LogP contribution in [0.15, 0.2) is 58.5 Å². The molecular weight excluding hydrogens is 418 g/mol. The molecule has 0 fully saturated rings. The maximum Gasteiger partial charge on any atom is 0.266 e. The second kappa shape index (κ2) is 10.6. The number of thioether (sulfide) groups is 1. The number of carbonyl (C=O) groups is 1. The van der Waals surface area contributed by atoms with Crippen molar-refractivity contribution < 1.29 is 4.79 Å². The predicted molar refractivity (Wildman–Crippen MR) is 125 cm³/mol. The van der Waals surface area contributed by atoms with Crippen LogP contribution in [0.1, 0.15) is 33.1 Å². The molecule has 0 aliphatic rings. The van der Waals surface area contributed by atoms with Gasteiger partial charge in [-0.2, -0.15) is 0 Å². The largest absolute Gasteiger partial charge is 0.343 e. The van der Waals surface area contributed by atoms with Gasteiger partial charge in [-0.05, 0) is 63.1 Å². The second-order valence-electron chi connectivity index (χ2n) is 6.90. The van der Waals surface area contributed by atoms with E-state index in [0.717, 1.165) is 37.4 Å². The van der Waals surface area contributed by atoms with E-state index in [1.165, 1.54) is 0 Å². The van der Waals surface area contributed by atoms with E-state index >= 15 is 0 Å². The van der Waals surface area contributed by atoms with E-state index in [-0.39, 0.29) is 11.5 Å². The fourth-order valence-electron chi connectivity index (χ4n) is 3.30. The number of hydrogen-bond acceptors (Lipinski definition) is 4. The van der Waals surface area contributed by atoms with Crippen LogP contribution in [-0.2, 0) is 4.79 Å². The number of fused-ring (bicyclic) bond motifs is 1. The quantitative estimate of drug-likeness (QED) is 0.260. The summed E-state index contributed by atoms with van der Waals surface area (Å²) in [5.41, 5.74) is 1.33. The number of halogens is 1. The standard InChI is InChI=1S/C23H26ClN3O2S/c1-3-26(4-2)21(28)11-7-8-16-30-23-25-20-10-6-5-9-19(20)22(29)27(23)18-14-12-17(24)13-15-18/h5-6,9-10,12-15H,3-4,7-8,11,16H2,1-2H3. The molecule has 3 rings (SSSR count). The first-order valence-corrected chi connectivity index (χ1v) is 11.6. The zero-order chi connectivity index (χ0) is 21.5. The van der Waals surface area contributed by atoms with Gasteiger partial charge in [0.2, 0.25) is 5.91 Å². The van der Waals surface area contributed by atoms with E-state index < -0.39 is 0 Å². The Morgan fingerprint density at radius 2 is 1.77 bits per heavy atom. The summed E-state index contributed by atoms with van der Waals surface area (Å²) >= 11 is 7.56. The van der Waals surface area contributed by atoms with Crippen LogP contribution in [0.5, 0.6) is 0 Å². The van der Waals surface area contributed by atoms with Crippen molar-refractivity contribution in [2.24, 2.45) is 0 Å². The van der Waals surface area contributed by atoms with Crippen molar-refractivity contribution in [1.29, 1.82) is 0 Å². The highest BCUT2D eigenvalue weighted by atomic mass is 35.5.